The molecule has 12 heteroatoms. The van der Waals surface area contributed by atoms with Gasteiger partial charge < -0.3 is 35.2 Å². The number of anilines is 2. The van der Waals surface area contributed by atoms with Crippen LogP contribution in [0.1, 0.15) is 29.7 Å². The maximum absolute atomic E-state index is 5.91. The van der Waals surface area contributed by atoms with Crippen molar-refractivity contribution in [3.05, 3.63) is 34.8 Å². The van der Waals surface area contributed by atoms with Gasteiger partial charge >= 0.3 is 0 Å². The zero-order valence-corrected chi connectivity index (χ0v) is 23.3. The molecule has 1 atom stereocenters. The van der Waals surface area contributed by atoms with E-state index in [-0.39, 0.29) is 5.25 Å². The molecule has 2 aromatic heterocycles. The standard InChI is InChI=1S/C25H35N5O5S2/c1-5-34-20-14-18(6-7-19(20)35-13-12-33-11-10-32-9-8-31-4)24-30-23(16(2)36-24)17(3)37-25-28-21(26)15-22(27)29-25/h6-7,14-15,17H,5,8-13H2,1-4H3,(H4,26,27,28,29)/t17-/m0/s1. The van der Waals surface area contributed by atoms with Gasteiger partial charge in [0.2, 0.25) is 0 Å². The van der Waals surface area contributed by atoms with E-state index in [1.807, 2.05) is 25.1 Å². The number of ether oxygens (including phenoxy) is 5. The molecule has 3 rings (SSSR count). The first-order valence-electron chi connectivity index (χ1n) is 12.0. The van der Waals surface area contributed by atoms with Gasteiger partial charge in [0.15, 0.2) is 16.7 Å². The topological polar surface area (TPSA) is 137 Å². The Morgan fingerprint density at radius 2 is 1.57 bits per heavy atom. The van der Waals surface area contributed by atoms with Crippen LogP contribution in [0.25, 0.3) is 10.6 Å². The number of thiazole rings is 1. The number of benzene rings is 1. The number of rotatable bonds is 16. The van der Waals surface area contributed by atoms with Gasteiger partial charge in [-0.15, -0.1) is 11.3 Å². The summed E-state index contributed by atoms with van der Waals surface area (Å²) < 4.78 is 27.6. The molecule has 0 aliphatic rings. The molecule has 202 valence electrons. The number of nitrogen functional groups attached to an aromatic ring is 2. The molecule has 37 heavy (non-hydrogen) atoms. The van der Waals surface area contributed by atoms with Crippen molar-refractivity contribution in [3.8, 4) is 22.1 Å². The number of methoxy groups -OCH3 is 1. The fraction of sp³-hybridized carbons (Fsp3) is 0.480. The largest absolute Gasteiger partial charge is 0.490 e. The lowest BCUT2D eigenvalue weighted by Crippen LogP contribution is -2.12. The average Bonchev–Trinajstić information content (AvgIpc) is 3.25. The zero-order valence-electron chi connectivity index (χ0n) is 21.7. The van der Waals surface area contributed by atoms with E-state index in [2.05, 4.69) is 23.8 Å². The van der Waals surface area contributed by atoms with E-state index in [1.54, 1.807) is 18.4 Å². The second-order valence-electron chi connectivity index (χ2n) is 7.88. The first-order chi connectivity index (χ1) is 17.9. The Morgan fingerprint density at radius 1 is 0.892 bits per heavy atom. The second kappa shape index (κ2) is 14.9. The molecular weight excluding hydrogens is 514 g/mol. The molecule has 0 fully saturated rings. The van der Waals surface area contributed by atoms with Crippen LogP contribution in [0.2, 0.25) is 0 Å². The average molecular weight is 550 g/mol. The number of hydrogen-bond donors (Lipinski definition) is 2. The highest BCUT2D eigenvalue weighted by Gasteiger charge is 2.19. The predicted molar refractivity (Wildman–Crippen MR) is 148 cm³/mol. The van der Waals surface area contributed by atoms with Crippen molar-refractivity contribution < 1.29 is 23.7 Å². The monoisotopic (exact) mass is 549 g/mol. The van der Waals surface area contributed by atoms with Crippen molar-refractivity contribution >= 4 is 34.7 Å². The molecule has 0 saturated carbocycles. The third kappa shape index (κ3) is 9.00. The van der Waals surface area contributed by atoms with E-state index in [9.17, 15) is 0 Å². The Labute approximate surface area is 226 Å². The van der Waals surface area contributed by atoms with E-state index in [0.29, 0.717) is 74.5 Å². The van der Waals surface area contributed by atoms with Gasteiger partial charge in [-0.25, -0.2) is 15.0 Å². The molecule has 4 N–H and O–H groups in total. The number of aromatic nitrogens is 3. The van der Waals surface area contributed by atoms with Crippen LogP contribution in [0.3, 0.4) is 0 Å². The van der Waals surface area contributed by atoms with Gasteiger partial charge in [-0.2, -0.15) is 0 Å². The lowest BCUT2D eigenvalue weighted by Gasteiger charge is -2.13. The molecule has 0 saturated heterocycles. The van der Waals surface area contributed by atoms with Crippen LogP contribution >= 0.6 is 23.1 Å². The lowest BCUT2D eigenvalue weighted by molar-refractivity contribution is 0.0178. The van der Waals surface area contributed by atoms with Crippen molar-refractivity contribution in [1.82, 2.24) is 15.0 Å². The van der Waals surface area contributed by atoms with E-state index >= 15 is 0 Å². The fourth-order valence-electron chi connectivity index (χ4n) is 3.34. The highest BCUT2D eigenvalue weighted by molar-refractivity contribution is 7.99. The maximum atomic E-state index is 5.91. The minimum absolute atomic E-state index is 0.0190. The molecule has 0 unspecified atom stereocenters. The van der Waals surface area contributed by atoms with Gasteiger partial charge in [0, 0.05) is 23.6 Å². The molecule has 0 radical (unpaired) electrons. The second-order valence-corrected chi connectivity index (χ2v) is 10.4. The SMILES string of the molecule is CCOc1cc(-c2nc([C@H](C)Sc3nc(N)cc(N)n3)c(C)s2)ccc1OCCOCCOCCOC. The smallest absolute Gasteiger partial charge is 0.192 e. The molecular formula is C25H35N5O5S2. The molecule has 1 aromatic carbocycles. The van der Waals surface area contributed by atoms with Crippen LogP contribution in [0.15, 0.2) is 29.4 Å². The summed E-state index contributed by atoms with van der Waals surface area (Å²) in [6.07, 6.45) is 0. The Bertz CT molecular complexity index is 1110. The molecule has 3 aromatic rings. The number of nitrogens with zero attached hydrogens (tertiary/aromatic N) is 3. The summed E-state index contributed by atoms with van der Waals surface area (Å²) in [6, 6.07) is 7.40. The highest BCUT2D eigenvalue weighted by Crippen LogP contribution is 2.40. The third-order valence-electron chi connectivity index (χ3n) is 5.02. The summed E-state index contributed by atoms with van der Waals surface area (Å²) in [6.45, 7) is 9.61. The normalized spacial score (nSPS) is 12.0. The van der Waals surface area contributed by atoms with Crippen molar-refractivity contribution in [2.24, 2.45) is 0 Å². The van der Waals surface area contributed by atoms with E-state index in [0.717, 1.165) is 21.1 Å². The summed E-state index contributed by atoms with van der Waals surface area (Å²) in [7, 11) is 1.65. The van der Waals surface area contributed by atoms with Crippen LogP contribution in [-0.4, -0.2) is 68.3 Å². The van der Waals surface area contributed by atoms with Crippen LogP contribution in [-0.2, 0) is 14.2 Å². The summed E-state index contributed by atoms with van der Waals surface area (Å²) in [5.74, 6) is 2.03. The van der Waals surface area contributed by atoms with Gasteiger partial charge in [-0.1, -0.05) is 11.8 Å². The number of nitrogens with two attached hydrogens (primary N) is 2. The van der Waals surface area contributed by atoms with Gasteiger partial charge in [0.05, 0.1) is 50.6 Å². The van der Waals surface area contributed by atoms with Gasteiger partial charge in [-0.05, 0) is 39.0 Å². The quantitative estimate of drug-likeness (QED) is 0.150. The molecule has 0 bridgehead atoms. The van der Waals surface area contributed by atoms with Crippen molar-refractivity contribution in [1.29, 1.82) is 0 Å². The van der Waals surface area contributed by atoms with Crippen molar-refractivity contribution in [2.75, 3.05) is 64.8 Å². The first kappa shape index (κ1) is 28.9. The van der Waals surface area contributed by atoms with Crippen LogP contribution in [0, 0.1) is 6.92 Å². The van der Waals surface area contributed by atoms with E-state index < -0.39 is 0 Å². The Kier molecular flexibility index (Phi) is 11.7. The molecule has 10 nitrogen and oxygen atoms in total. The van der Waals surface area contributed by atoms with Crippen LogP contribution in [0.5, 0.6) is 11.5 Å². The number of thioether (sulfide) groups is 1. The molecule has 2 heterocycles. The van der Waals surface area contributed by atoms with E-state index in [1.165, 1.54) is 17.8 Å². The fourth-order valence-corrected chi connectivity index (χ4v) is 5.39. The predicted octanol–water partition coefficient (Wildman–Crippen LogP) is 4.38. The van der Waals surface area contributed by atoms with E-state index in [4.69, 9.17) is 40.1 Å². The highest BCUT2D eigenvalue weighted by atomic mass is 32.2. The zero-order chi connectivity index (χ0) is 26.6. The van der Waals surface area contributed by atoms with Crippen LogP contribution in [0.4, 0.5) is 11.6 Å². The Morgan fingerprint density at radius 3 is 2.24 bits per heavy atom. The summed E-state index contributed by atoms with van der Waals surface area (Å²) in [4.78, 5) is 14.6. The molecule has 0 spiro atoms. The minimum Gasteiger partial charge on any atom is -0.490 e. The van der Waals surface area contributed by atoms with Gasteiger partial charge in [-0.3, -0.25) is 0 Å². The Balaban J connectivity index is 1.61. The molecule has 0 aliphatic carbocycles. The van der Waals surface area contributed by atoms with Crippen molar-refractivity contribution in [2.45, 2.75) is 31.2 Å². The third-order valence-corrected chi connectivity index (χ3v) is 7.03. The first-order valence-corrected chi connectivity index (χ1v) is 13.7. The van der Waals surface area contributed by atoms with Gasteiger partial charge in [0.25, 0.3) is 0 Å². The summed E-state index contributed by atoms with van der Waals surface area (Å²) >= 11 is 3.10. The summed E-state index contributed by atoms with van der Waals surface area (Å²) in [5, 5.41) is 1.45. The number of hydrogen-bond acceptors (Lipinski definition) is 12. The van der Waals surface area contributed by atoms with Crippen molar-refractivity contribution in [3.63, 3.8) is 0 Å². The molecule has 0 aliphatic heterocycles. The maximum Gasteiger partial charge on any atom is 0.192 e. The summed E-state index contributed by atoms with van der Waals surface area (Å²) in [5.41, 5.74) is 13.6. The number of aryl methyl sites for hydroxylation is 1. The lowest BCUT2D eigenvalue weighted by atomic mass is 10.2. The Hall–Kier alpha value is -2.64. The van der Waals surface area contributed by atoms with Gasteiger partial charge in [0.1, 0.15) is 23.3 Å². The minimum atomic E-state index is 0.0190. The van der Waals surface area contributed by atoms with Crippen LogP contribution < -0.4 is 20.9 Å². The molecule has 0 amide bonds.